The van der Waals surface area contributed by atoms with Crippen molar-refractivity contribution in [3.05, 3.63) is 77.9 Å². The van der Waals surface area contributed by atoms with Gasteiger partial charge in [0.25, 0.3) is 5.91 Å². The summed E-state index contributed by atoms with van der Waals surface area (Å²) >= 11 is 0. The van der Waals surface area contributed by atoms with Gasteiger partial charge in [0.05, 0.1) is 33.4 Å². The molecular formula is C23H20F3N5O. The van der Waals surface area contributed by atoms with Crippen molar-refractivity contribution in [1.82, 2.24) is 24.6 Å². The van der Waals surface area contributed by atoms with E-state index in [0.29, 0.717) is 41.1 Å². The monoisotopic (exact) mass is 439 g/mol. The molecule has 1 saturated heterocycles. The molecule has 6 nitrogen and oxygen atoms in total. The summed E-state index contributed by atoms with van der Waals surface area (Å²) in [5, 5.41) is 4.24. The first kappa shape index (κ1) is 20.3. The van der Waals surface area contributed by atoms with Gasteiger partial charge in [-0.05, 0) is 56.2 Å². The zero-order valence-corrected chi connectivity index (χ0v) is 17.2. The minimum atomic E-state index is -4.44. The second-order valence-corrected chi connectivity index (χ2v) is 8.12. The Balaban J connectivity index is 1.54. The predicted molar refractivity (Wildman–Crippen MR) is 112 cm³/mol. The molecule has 0 saturated carbocycles. The minimum absolute atomic E-state index is 0.174. The molecule has 1 aliphatic rings. The van der Waals surface area contributed by atoms with Crippen molar-refractivity contribution in [2.75, 3.05) is 6.54 Å². The molecule has 9 heteroatoms. The van der Waals surface area contributed by atoms with Gasteiger partial charge in [-0.3, -0.25) is 4.79 Å². The van der Waals surface area contributed by atoms with E-state index in [9.17, 15) is 18.0 Å². The van der Waals surface area contributed by atoms with Crippen molar-refractivity contribution >= 4 is 16.9 Å². The Hall–Kier alpha value is -3.62. The third-order valence-corrected chi connectivity index (χ3v) is 6.09. The van der Waals surface area contributed by atoms with Crippen LogP contribution in [-0.4, -0.2) is 37.1 Å². The molecule has 0 aliphatic carbocycles. The van der Waals surface area contributed by atoms with Crippen molar-refractivity contribution in [2.45, 2.75) is 31.5 Å². The number of carbonyl (C=O) groups excluding carboxylic acids is 1. The first-order valence-electron chi connectivity index (χ1n) is 10.3. The highest BCUT2D eigenvalue weighted by atomic mass is 19.4. The van der Waals surface area contributed by atoms with E-state index < -0.39 is 17.3 Å². The van der Waals surface area contributed by atoms with E-state index in [0.717, 1.165) is 18.6 Å². The number of halogens is 3. The third kappa shape index (κ3) is 3.24. The molecule has 4 aromatic rings. The summed E-state index contributed by atoms with van der Waals surface area (Å²) < 4.78 is 41.0. The molecule has 5 rings (SSSR count). The van der Waals surface area contributed by atoms with Crippen molar-refractivity contribution in [3.63, 3.8) is 0 Å². The van der Waals surface area contributed by atoms with Gasteiger partial charge in [-0.1, -0.05) is 12.1 Å². The highest BCUT2D eigenvalue weighted by molar-refractivity contribution is 5.98. The third-order valence-electron chi connectivity index (χ3n) is 6.09. The summed E-state index contributed by atoms with van der Waals surface area (Å²) in [6.45, 7) is 2.42. The molecule has 1 atom stereocenters. The Morgan fingerprint density at radius 3 is 2.72 bits per heavy atom. The number of fused-ring (bicyclic) bond motifs is 1. The van der Waals surface area contributed by atoms with Crippen LogP contribution in [0, 0.1) is 0 Å². The number of aromatic nitrogens is 4. The number of likely N-dealkylation sites (tertiary alicyclic amines) is 1. The molecule has 3 heterocycles. The van der Waals surface area contributed by atoms with E-state index in [2.05, 4.69) is 15.1 Å². The molecule has 0 spiro atoms. The summed E-state index contributed by atoms with van der Waals surface area (Å²) in [6.07, 6.45) is 0.387. The SMILES string of the molecule is CC1(c2nc3ccc(C(F)(F)F)cc3[nH]2)CCCN1C(=O)c1ccccc1-n1cccn1. The van der Waals surface area contributed by atoms with E-state index in [4.69, 9.17) is 0 Å². The van der Waals surface area contributed by atoms with Gasteiger partial charge in [0.2, 0.25) is 0 Å². The predicted octanol–water partition coefficient (Wildman–Crippen LogP) is 4.92. The Bertz CT molecular complexity index is 1290. The number of alkyl halides is 3. The van der Waals surface area contributed by atoms with E-state index >= 15 is 0 Å². The number of hydrogen-bond donors (Lipinski definition) is 1. The topological polar surface area (TPSA) is 66.8 Å². The second kappa shape index (κ2) is 7.22. The van der Waals surface area contributed by atoms with E-state index in [-0.39, 0.29) is 5.91 Å². The number of rotatable bonds is 3. The molecule has 1 fully saturated rings. The van der Waals surface area contributed by atoms with E-state index in [1.807, 2.05) is 19.1 Å². The lowest BCUT2D eigenvalue weighted by molar-refractivity contribution is -0.137. The van der Waals surface area contributed by atoms with Crippen molar-refractivity contribution < 1.29 is 18.0 Å². The molecular weight excluding hydrogens is 419 g/mol. The van der Waals surface area contributed by atoms with E-state index in [1.165, 1.54) is 6.07 Å². The maximum Gasteiger partial charge on any atom is 0.416 e. The summed E-state index contributed by atoms with van der Waals surface area (Å²) in [6, 6.07) is 12.4. The summed E-state index contributed by atoms with van der Waals surface area (Å²) in [5.74, 6) is 0.307. The average molecular weight is 439 g/mol. The highest BCUT2D eigenvalue weighted by Crippen LogP contribution is 2.40. The number of para-hydroxylation sites is 1. The molecule has 1 amide bonds. The Morgan fingerprint density at radius 1 is 1.16 bits per heavy atom. The maximum absolute atomic E-state index is 13.6. The molecule has 2 aromatic heterocycles. The van der Waals surface area contributed by atoms with Crippen molar-refractivity contribution in [3.8, 4) is 5.69 Å². The first-order valence-corrected chi connectivity index (χ1v) is 10.3. The molecule has 164 valence electrons. The van der Waals surface area contributed by atoms with Gasteiger partial charge < -0.3 is 9.88 Å². The first-order chi connectivity index (χ1) is 15.3. The number of imidazole rings is 1. The Kier molecular flexibility index (Phi) is 4.58. The molecule has 2 aromatic carbocycles. The zero-order chi connectivity index (χ0) is 22.5. The fourth-order valence-corrected chi connectivity index (χ4v) is 4.39. The van der Waals surface area contributed by atoms with Crippen LogP contribution < -0.4 is 0 Å². The zero-order valence-electron chi connectivity index (χ0n) is 17.2. The number of nitrogens with one attached hydrogen (secondary N) is 1. The van der Waals surface area contributed by atoms with Crippen LogP contribution in [0.5, 0.6) is 0 Å². The van der Waals surface area contributed by atoms with Crippen LogP contribution in [0.25, 0.3) is 16.7 Å². The van der Waals surface area contributed by atoms with Gasteiger partial charge in [-0.25, -0.2) is 9.67 Å². The number of benzene rings is 2. The Morgan fingerprint density at radius 2 is 1.97 bits per heavy atom. The van der Waals surface area contributed by atoms with Gasteiger partial charge in [0.1, 0.15) is 5.82 Å². The summed E-state index contributed by atoms with van der Waals surface area (Å²) in [5.41, 5.74) is 0.387. The van der Waals surface area contributed by atoms with Crippen LogP contribution in [-0.2, 0) is 11.7 Å². The summed E-state index contributed by atoms with van der Waals surface area (Å²) in [7, 11) is 0. The van der Waals surface area contributed by atoms with Gasteiger partial charge in [0.15, 0.2) is 0 Å². The number of carbonyl (C=O) groups is 1. The number of amides is 1. The molecule has 1 unspecified atom stereocenters. The second-order valence-electron chi connectivity index (χ2n) is 8.12. The van der Waals surface area contributed by atoms with Crippen molar-refractivity contribution in [1.29, 1.82) is 0 Å². The number of hydrogen-bond acceptors (Lipinski definition) is 3. The van der Waals surface area contributed by atoms with Gasteiger partial charge >= 0.3 is 6.18 Å². The van der Waals surface area contributed by atoms with E-state index in [1.54, 1.807) is 40.2 Å². The van der Waals surface area contributed by atoms with Crippen LogP contribution in [0.1, 0.15) is 41.5 Å². The molecule has 0 radical (unpaired) electrons. The summed E-state index contributed by atoms with van der Waals surface area (Å²) in [4.78, 5) is 23.0. The smallest absolute Gasteiger partial charge is 0.340 e. The average Bonchev–Trinajstić information content (AvgIpc) is 3.52. The fourth-order valence-electron chi connectivity index (χ4n) is 4.39. The lowest BCUT2D eigenvalue weighted by Gasteiger charge is -2.34. The normalized spacial score (nSPS) is 19.1. The fraction of sp³-hybridized carbons (Fsp3) is 0.261. The molecule has 1 aliphatic heterocycles. The van der Waals surface area contributed by atoms with Crippen molar-refractivity contribution in [2.24, 2.45) is 0 Å². The largest absolute Gasteiger partial charge is 0.416 e. The number of nitrogens with zero attached hydrogens (tertiary/aromatic N) is 4. The van der Waals surface area contributed by atoms with Crippen LogP contribution in [0.3, 0.4) is 0 Å². The molecule has 32 heavy (non-hydrogen) atoms. The molecule has 0 bridgehead atoms. The van der Waals surface area contributed by atoms with Crippen LogP contribution in [0.4, 0.5) is 13.2 Å². The number of H-pyrrole nitrogens is 1. The number of aromatic amines is 1. The van der Waals surface area contributed by atoms with Crippen LogP contribution >= 0.6 is 0 Å². The standard InChI is InChI=1S/C23H20F3N5O/c1-22(21-28-17-9-8-15(23(24,25)26)14-18(17)29-21)10-4-12-30(22)20(32)16-6-2-3-7-19(16)31-13-5-11-27-31/h2-3,5-9,11,13-14H,4,10,12H2,1H3,(H,28,29). The highest BCUT2D eigenvalue weighted by Gasteiger charge is 2.44. The van der Waals surface area contributed by atoms with Gasteiger partial charge in [-0.2, -0.15) is 18.3 Å². The van der Waals surface area contributed by atoms with Gasteiger partial charge in [-0.15, -0.1) is 0 Å². The minimum Gasteiger partial charge on any atom is -0.340 e. The van der Waals surface area contributed by atoms with Gasteiger partial charge in [0, 0.05) is 18.9 Å². The lowest BCUT2D eigenvalue weighted by atomic mass is 9.97. The van der Waals surface area contributed by atoms with Crippen LogP contribution in [0.15, 0.2) is 60.9 Å². The quantitative estimate of drug-likeness (QED) is 0.493. The van der Waals surface area contributed by atoms with Crippen LogP contribution in [0.2, 0.25) is 0 Å². The maximum atomic E-state index is 13.6. The lowest BCUT2D eigenvalue weighted by Crippen LogP contribution is -2.44. The molecule has 1 N–H and O–H groups in total. The Labute approximate surface area is 181 Å².